The number of hydrogen-bond acceptors (Lipinski definition) is 3. The standard InChI is InChI=1S/C20H42O.C2H6O2/c1-9-11-13-17(15-19(3,4)5)21-18(14-12-10-2)16-20(6,7)8;3-1-2-4/h17-18H,9-16H2,1-8H3;3-4H,1-2H2. The summed E-state index contributed by atoms with van der Waals surface area (Å²) in [4.78, 5) is 0. The van der Waals surface area contributed by atoms with E-state index in [1.807, 2.05) is 0 Å². The summed E-state index contributed by atoms with van der Waals surface area (Å²) in [5.74, 6) is 0. The van der Waals surface area contributed by atoms with E-state index in [2.05, 4.69) is 55.4 Å². The van der Waals surface area contributed by atoms with E-state index in [1.165, 1.54) is 51.4 Å². The van der Waals surface area contributed by atoms with Crippen LogP contribution in [0.15, 0.2) is 0 Å². The monoisotopic (exact) mass is 360 g/mol. The van der Waals surface area contributed by atoms with Crippen molar-refractivity contribution < 1.29 is 14.9 Å². The summed E-state index contributed by atoms with van der Waals surface area (Å²) in [6.45, 7) is 18.3. The molecule has 0 saturated heterocycles. The third kappa shape index (κ3) is 21.8. The van der Waals surface area contributed by atoms with Gasteiger partial charge >= 0.3 is 0 Å². The average Bonchev–Trinajstić information content (AvgIpc) is 2.47. The Morgan fingerprint density at radius 2 is 1.00 bits per heavy atom. The molecule has 0 bridgehead atoms. The molecule has 0 heterocycles. The maximum Gasteiger partial charge on any atom is 0.0662 e. The van der Waals surface area contributed by atoms with Gasteiger partial charge in [0.05, 0.1) is 25.4 Å². The van der Waals surface area contributed by atoms with Crippen molar-refractivity contribution in [3.8, 4) is 0 Å². The minimum Gasteiger partial charge on any atom is -0.394 e. The van der Waals surface area contributed by atoms with E-state index in [0.717, 1.165) is 0 Å². The lowest BCUT2D eigenvalue weighted by atomic mass is 9.86. The molecule has 0 aromatic carbocycles. The molecule has 3 heteroatoms. The normalized spacial score (nSPS) is 14.6. The molecule has 0 aliphatic carbocycles. The first-order chi connectivity index (χ1) is 11.5. The minimum absolute atomic E-state index is 0.125. The number of aliphatic hydroxyl groups excluding tert-OH is 2. The van der Waals surface area contributed by atoms with Gasteiger partial charge in [-0.25, -0.2) is 0 Å². The molecule has 0 saturated carbocycles. The van der Waals surface area contributed by atoms with Gasteiger partial charge in [-0.2, -0.15) is 0 Å². The summed E-state index contributed by atoms with van der Waals surface area (Å²) < 4.78 is 6.61. The molecule has 2 unspecified atom stereocenters. The predicted molar refractivity (Wildman–Crippen MR) is 110 cm³/mol. The Morgan fingerprint density at radius 1 is 0.680 bits per heavy atom. The van der Waals surface area contributed by atoms with E-state index in [0.29, 0.717) is 23.0 Å². The van der Waals surface area contributed by atoms with E-state index in [4.69, 9.17) is 14.9 Å². The second-order valence-electron chi connectivity index (χ2n) is 9.64. The summed E-state index contributed by atoms with van der Waals surface area (Å²) in [6, 6.07) is 0. The summed E-state index contributed by atoms with van der Waals surface area (Å²) in [7, 11) is 0. The molecule has 0 radical (unpaired) electrons. The average molecular weight is 361 g/mol. The van der Waals surface area contributed by atoms with Gasteiger partial charge in [-0.3, -0.25) is 0 Å². The van der Waals surface area contributed by atoms with Crippen LogP contribution in [0.4, 0.5) is 0 Å². The van der Waals surface area contributed by atoms with Crippen LogP contribution >= 0.6 is 0 Å². The molecule has 3 nitrogen and oxygen atoms in total. The van der Waals surface area contributed by atoms with Gasteiger partial charge < -0.3 is 14.9 Å². The highest BCUT2D eigenvalue weighted by Gasteiger charge is 2.25. The maximum absolute atomic E-state index is 7.62. The Labute approximate surface area is 158 Å². The molecular weight excluding hydrogens is 312 g/mol. The van der Waals surface area contributed by atoms with Crippen molar-refractivity contribution in [2.45, 2.75) is 119 Å². The Hall–Kier alpha value is -0.120. The molecule has 0 aliphatic rings. The fraction of sp³-hybridized carbons (Fsp3) is 1.00. The Balaban J connectivity index is 0. The lowest BCUT2D eigenvalue weighted by Crippen LogP contribution is -2.29. The van der Waals surface area contributed by atoms with E-state index in [-0.39, 0.29) is 13.2 Å². The van der Waals surface area contributed by atoms with Crippen LogP contribution in [0.2, 0.25) is 0 Å². The van der Waals surface area contributed by atoms with Crippen molar-refractivity contribution in [3.05, 3.63) is 0 Å². The van der Waals surface area contributed by atoms with Crippen LogP contribution in [0.3, 0.4) is 0 Å². The highest BCUT2D eigenvalue weighted by molar-refractivity contribution is 4.75. The SMILES string of the molecule is CCCCC(CC(C)(C)C)OC(CCCC)CC(C)(C)C.OCCO. The van der Waals surface area contributed by atoms with Crippen molar-refractivity contribution in [3.63, 3.8) is 0 Å². The van der Waals surface area contributed by atoms with Crippen LogP contribution < -0.4 is 0 Å². The highest BCUT2D eigenvalue weighted by atomic mass is 16.5. The first kappa shape index (κ1) is 27.1. The summed E-state index contributed by atoms with van der Waals surface area (Å²) in [6.07, 6.45) is 10.8. The molecule has 0 fully saturated rings. The molecule has 0 aliphatic heterocycles. The van der Waals surface area contributed by atoms with Crippen molar-refractivity contribution in [1.29, 1.82) is 0 Å². The van der Waals surface area contributed by atoms with Gasteiger partial charge in [-0.05, 0) is 36.5 Å². The number of aliphatic hydroxyl groups is 2. The van der Waals surface area contributed by atoms with Crippen molar-refractivity contribution >= 4 is 0 Å². The fourth-order valence-electron chi connectivity index (χ4n) is 2.94. The molecular formula is C22H48O3. The number of rotatable bonds is 11. The first-order valence-corrected chi connectivity index (χ1v) is 10.4. The van der Waals surface area contributed by atoms with Gasteiger partial charge in [0.25, 0.3) is 0 Å². The van der Waals surface area contributed by atoms with Crippen LogP contribution in [0, 0.1) is 10.8 Å². The molecule has 0 spiro atoms. The second kappa shape index (κ2) is 15.0. The second-order valence-corrected chi connectivity index (χ2v) is 9.64. The Morgan fingerprint density at radius 3 is 1.20 bits per heavy atom. The van der Waals surface area contributed by atoms with Crippen molar-refractivity contribution in [2.75, 3.05) is 13.2 Å². The molecule has 0 aromatic rings. The van der Waals surface area contributed by atoms with E-state index >= 15 is 0 Å². The van der Waals surface area contributed by atoms with E-state index in [9.17, 15) is 0 Å². The molecule has 2 N–H and O–H groups in total. The van der Waals surface area contributed by atoms with E-state index < -0.39 is 0 Å². The largest absolute Gasteiger partial charge is 0.394 e. The lowest BCUT2D eigenvalue weighted by Gasteiger charge is -2.33. The topological polar surface area (TPSA) is 49.7 Å². The zero-order valence-corrected chi connectivity index (χ0v) is 18.5. The minimum atomic E-state index is -0.125. The van der Waals surface area contributed by atoms with Crippen molar-refractivity contribution in [1.82, 2.24) is 0 Å². The quantitative estimate of drug-likeness (QED) is 0.477. The Bertz CT molecular complexity index is 248. The van der Waals surface area contributed by atoms with Gasteiger partial charge in [-0.15, -0.1) is 0 Å². The number of unbranched alkanes of at least 4 members (excludes halogenated alkanes) is 2. The predicted octanol–water partition coefficient (Wildman–Crippen LogP) is 5.96. The number of hydrogen-bond donors (Lipinski definition) is 2. The molecule has 25 heavy (non-hydrogen) atoms. The smallest absolute Gasteiger partial charge is 0.0662 e. The van der Waals surface area contributed by atoms with Crippen LogP contribution in [0.1, 0.15) is 107 Å². The zero-order chi connectivity index (χ0) is 19.9. The van der Waals surface area contributed by atoms with E-state index in [1.54, 1.807) is 0 Å². The van der Waals surface area contributed by atoms with Crippen LogP contribution in [0.5, 0.6) is 0 Å². The van der Waals surface area contributed by atoms with Gasteiger partial charge in [0, 0.05) is 0 Å². The third-order valence-electron chi connectivity index (χ3n) is 3.92. The van der Waals surface area contributed by atoms with Gasteiger partial charge in [0.2, 0.25) is 0 Å². The van der Waals surface area contributed by atoms with Gasteiger partial charge in [-0.1, -0.05) is 81.1 Å². The maximum atomic E-state index is 7.62. The third-order valence-corrected chi connectivity index (χ3v) is 3.92. The summed E-state index contributed by atoms with van der Waals surface area (Å²) in [5.41, 5.74) is 0.713. The Kier molecular flexibility index (Phi) is 16.2. The van der Waals surface area contributed by atoms with Crippen LogP contribution in [0.25, 0.3) is 0 Å². The molecule has 2 atom stereocenters. The summed E-state index contributed by atoms with van der Waals surface area (Å²) in [5, 5.41) is 15.2. The summed E-state index contributed by atoms with van der Waals surface area (Å²) >= 11 is 0. The van der Waals surface area contributed by atoms with Crippen molar-refractivity contribution in [2.24, 2.45) is 10.8 Å². The van der Waals surface area contributed by atoms with Crippen LogP contribution in [-0.2, 0) is 4.74 Å². The molecule has 0 rings (SSSR count). The molecule has 0 amide bonds. The van der Waals surface area contributed by atoms with Crippen LogP contribution in [-0.4, -0.2) is 35.6 Å². The van der Waals surface area contributed by atoms with Gasteiger partial charge in [0.15, 0.2) is 0 Å². The zero-order valence-electron chi connectivity index (χ0n) is 18.5. The fourth-order valence-corrected chi connectivity index (χ4v) is 2.94. The molecule has 0 aromatic heterocycles. The first-order valence-electron chi connectivity index (χ1n) is 10.4. The lowest BCUT2D eigenvalue weighted by molar-refractivity contribution is -0.0552. The molecule has 154 valence electrons. The highest BCUT2D eigenvalue weighted by Crippen LogP contribution is 2.30. The number of ether oxygens (including phenoxy) is 1. The van der Waals surface area contributed by atoms with Gasteiger partial charge in [0.1, 0.15) is 0 Å².